The molecule has 0 saturated carbocycles. The number of carbonyl (C=O) groups is 3. The molecule has 0 aromatic heterocycles. The Labute approximate surface area is 51.5 Å². The van der Waals surface area contributed by atoms with Crippen molar-refractivity contribution >= 4 is 18.0 Å². The molecule has 50 valence electrons. The van der Waals surface area contributed by atoms with Crippen LogP contribution in [0, 0.1) is 0 Å². The molecule has 0 amide bonds. The van der Waals surface area contributed by atoms with E-state index in [-0.39, 0.29) is 12.8 Å². The third-order valence-electron chi connectivity index (χ3n) is 0.728. The average Bonchev–Trinajstić information content (AvgIpc) is 1.82. The smallest absolute Gasteiger partial charge is 0.372 e. The molecule has 0 fully saturated rings. The van der Waals surface area contributed by atoms with Crippen LogP contribution < -0.4 is 0 Å². The van der Waals surface area contributed by atoms with E-state index in [0.29, 0.717) is 6.29 Å². The fourth-order valence-corrected chi connectivity index (χ4v) is 0.297. The molecule has 0 bridgehead atoms. The molecule has 9 heavy (non-hydrogen) atoms. The number of hydrogen-bond acceptors (Lipinski definition) is 3. The third kappa shape index (κ3) is 3.40. The first-order chi connectivity index (χ1) is 4.18. The Morgan fingerprint density at radius 1 is 1.44 bits per heavy atom. The monoisotopic (exact) mass is 130 g/mol. The highest BCUT2D eigenvalue weighted by Gasteiger charge is 2.08. The van der Waals surface area contributed by atoms with E-state index in [1.807, 2.05) is 0 Å². The number of carboxylic acid groups (broad SMARTS) is 1. The molecule has 0 atom stereocenters. The predicted octanol–water partition coefficient (Wildman–Crippen LogP) is -0.381. The summed E-state index contributed by atoms with van der Waals surface area (Å²) in [5.41, 5.74) is 0. The van der Waals surface area contributed by atoms with Gasteiger partial charge in [-0.3, -0.25) is 4.79 Å². The summed E-state index contributed by atoms with van der Waals surface area (Å²) in [6.07, 6.45) is 0.310. The molecule has 1 N–H and O–H groups in total. The van der Waals surface area contributed by atoms with Crippen molar-refractivity contribution in [1.29, 1.82) is 0 Å². The van der Waals surface area contributed by atoms with Crippen molar-refractivity contribution < 1.29 is 19.5 Å². The van der Waals surface area contributed by atoms with Gasteiger partial charge in [0.15, 0.2) is 0 Å². The van der Waals surface area contributed by atoms with E-state index in [9.17, 15) is 14.4 Å². The van der Waals surface area contributed by atoms with Crippen LogP contribution in [0.5, 0.6) is 0 Å². The van der Waals surface area contributed by atoms with Gasteiger partial charge in [0.05, 0.1) is 0 Å². The summed E-state index contributed by atoms with van der Waals surface area (Å²) < 4.78 is 0. The summed E-state index contributed by atoms with van der Waals surface area (Å²) in [5, 5.41) is 7.94. The van der Waals surface area contributed by atoms with Gasteiger partial charge in [-0.1, -0.05) is 0 Å². The van der Waals surface area contributed by atoms with Crippen molar-refractivity contribution in [1.82, 2.24) is 0 Å². The second kappa shape index (κ2) is 3.77. The van der Waals surface area contributed by atoms with E-state index in [1.54, 1.807) is 0 Å². The van der Waals surface area contributed by atoms with Crippen LogP contribution in [-0.4, -0.2) is 23.1 Å². The number of carboxylic acids is 1. The van der Waals surface area contributed by atoms with Crippen LogP contribution in [-0.2, 0) is 14.4 Å². The lowest BCUT2D eigenvalue weighted by molar-refractivity contribution is -0.149. The van der Waals surface area contributed by atoms with Crippen molar-refractivity contribution in [3.63, 3.8) is 0 Å². The Bertz CT molecular complexity index is 138. The molecule has 0 heterocycles. The van der Waals surface area contributed by atoms with Crippen molar-refractivity contribution in [2.24, 2.45) is 0 Å². The Morgan fingerprint density at radius 3 is 2.33 bits per heavy atom. The molecule has 0 spiro atoms. The second-order valence-corrected chi connectivity index (χ2v) is 1.43. The van der Waals surface area contributed by atoms with Crippen LogP contribution in [0.15, 0.2) is 0 Å². The first kappa shape index (κ1) is 7.81. The highest BCUT2D eigenvalue weighted by Crippen LogP contribution is 1.85. The molecule has 4 nitrogen and oxygen atoms in total. The van der Waals surface area contributed by atoms with Crippen LogP contribution in [0.3, 0.4) is 0 Å². The van der Waals surface area contributed by atoms with Crippen LogP contribution in [0.25, 0.3) is 0 Å². The Balaban J connectivity index is 3.51. The van der Waals surface area contributed by atoms with Gasteiger partial charge in [0.2, 0.25) is 5.78 Å². The molecular formula is C5H6O4. The van der Waals surface area contributed by atoms with Gasteiger partial charge in [0.1, 0.15) is 6.29 Å². The van der Waals surface area contributed by atoms with Gasteiger partial charge in [-0.2, -0.15) is 0 Å². The summed E-state index contributed by atoms with van der Waals surface area (Å²) in [4.78, 5) is 29.5. The molecule has 0 aliphatic carbocycles. The molecule has 0 aliphatic heterocycles. The van der Waals surface area contributed by atoms with E-state index in [1.165, 1.54) is 0 Å². The van der Waals surface area contributed by atoms with Crippen LogP contribution >= 0.6 is 0 Å². The quantitative estimate of drug-likeness (QED) is 0.416. The summed E-state index contributed by atoms with van der Waals surface area (Å²) in [6, 6.07) is 0. The zero-order valence-electron chi connectivity index (χ0n) is 4.66. The Morgan fingerprint density at radius 2 is 2.00 bits per heavy atom. The molecule has 0 saturated heterocycles. The fourth-order valence-electron chi connectivity index (χ4n) is 0.297. The summed E-state index contributed by atoms with van der Waals surface area (Å²) in [5.74, 6) is -2.39. The normalized spacial score (nSPS) is 8.44. The SMILES string of the molecule is O=CCCC(=O)C(=O)O. The number of carbonyl (C=O) groups excluding carboxylic acids is 2. The van der Waals surface area contributed by atoms with Gasteiger partial charge in [-0.15, -0.1) is 0 Å². The first-order valence-corrected chi connectivity index (χ1v) is 2.38. The number of hydrogen-bond donors (Lipinski definition) is 1. The summed E-state index contributed by atoms with van der Waals surface area (Å²) >= 11 is 0. The van der Waals surface area contributed by atoms with E-state index >= 15 is 0 Å². The summed E-state index contributed by atoms with van der Waals surface area (Å²) in [6.45, 7) is 0. The number of ketones is 1. The maximum Gasteiger partial charge on any atom is 0.372 e. The van der Waals surface area contributed by atoms with Gasteiger partial charge in [0.25, 0.3) is 0 Å². The van der Waals surface area contributed by atoms with Crippen LogP contribution in [0.2, 0.25) is 0 Å². The van der Waals surface area contributed by atoms with Gasteiger partial charge < -0.3 is 9.90 Å². The Hall–Kier alpha value is -1.19. The molecule has 0 aliphatic rings. The first-order valence-electron chi connectivity index (χ1n) is 2.38. The standard InChI is InChI=1S/C5H6O4/c6-3-1-2-4(7)5(8)9/h3H,1-2H2,(H,8,9). The maximum absolute atomic E-state index is 10.1. The molecule has 0 aromatic rings. The van der Waals surface area contributed by atoms with Crippen molar-refractivity contribution in [2.75, 3.05) is 0 Å². The van der Waals surface area contributed by atoms with E-state index in [2.05, 4.69) is 0 Å². The molecule has 0 rings (SSSR count). The number of rotatable bonds is 4. The minimum atomic E-state index is -1.48. The van der Waals surface area contributed by atoms with Gasteiger partial charge >= 0.3 is 5.97 Å². The van der Waals surface area contributed by atoms with Crippen molar-refractivity contribution in [3.05, 3.63) is 0 Å². The second-order valence-electron chi connectivity index (χ2n) is 1.43. The summed E-state index contributed by atoms with van der Waals surface area (Å²) in [7, 11) is 0. The van der Waals surface area contributed by atoms with Gasteiger partial charge in [-0.25, -0.2) is 4.79 Å². The zero-order valence-corrected chi connectivity index (χ0v) is 4.66. The van der Waals surface area contributed by atoms with Crippen molar-refractivity contribution in [2.45, 2.75) is 12.8 Å². The average molecular weight is 130 g/mol. The minimum absolute atomic E-state index is 0.00880. The number of Topliss-reactive ketones (excluding diaryl/α,β-unsaturated/α-hetero) is 1. The minimum Gasteiger partial charge on any atom is -0.476 e. The van der Waals surface area contributed by atoms with E-state index in [0.717, 1.165) is 0 Å². The van der Waals surface area contributed by atoms with Gasteiger partial charge in [-0.05, 0) is 0 Å². The van der Waals surface area contributed by atoms with Crippen LogP contribution in [0.1, 0.15) is 12.8 Å². The number of aliphatic carboxylic acids is 1. The molecule has 0 aromatic carbocycles. The molecular weight excluding hydrogens is 124 g/mol. The van der Waals surface area contributed by atoms with E-state index in [4.69, 9.17) is 5.11 Å². The lowest BCUT2D eigenvalue weighted by atomic mass is 10.2. The lowest BCUT2D eigenvalue weighted by Crippen LogP contribution is -2.11. The predicted molar refractivity (Wildman–Crippen MR) is 27.9 cm³/mol. The molecule has 0 unspecified atom stereocenters. The van der Waals surface area contributed by atoms with Crippen molar-refractivity contribution in [3.8, 4) is 0 Å². The molecule has 4 heteroatoms. The Kier molecular flexibility index (Phi) is 3.27. The topological polar surface area (TPSA) is 71.4 Å². The lowest BCUT2D eigenvalue weighted by Gasteiger charge is -1.85. The molecule has 0 radical (unpaired) electrons. The largest absolute Gasteiger partial charge is 0.476 e. The maximum atomic E-state index is 10.1. The van der Waals surface area contributed by atoms with E-state index < -0.39 is 11.8 Å². The van der Waals surface area contributed by atoms with Gasteiger partial charge in [0, 0.05) is 12.8 Å². The highest BCUT2D eigenvalue weighted by molar-refractivity contribution is 6.32. The fraction of sp³-hybridized carbons (Fsp3) is 0.400. The van der Waals surface area contributed by atoms with Crippen LogP contribution in [0.4, 0.5) is 0 Å². The number of aldehydes is 1. The third-order valence-corrected chi connectivity index (χ3v) is 0.728. The zero-order chi connectivity index (χ0) is 7.28. The highest BCUT2D eigenvalue weighted by atomic mass is 16.4.